The van der Waals surface area contributed by atoms with E-state index in [9.17, 15) is 14.9 Å². The average molecular weight is 255 g/mol. The molecule has 0 aromatic heterocycles. The van der Waals surface area contributed by atoms with E-state index < -0.39 is 10.9 Å². The molecule has 1 rings (SSSR count). The molecule has 0 aliphatic carbocycles. The lowest BCUT2D eigenvalue weighted by molar-refractivity contribution is -0.384. The summed E-state index contributed by atoms with van der Waals surface area (Å²) >= 11 is 1.42. The van der Waals surface area contributed by atoms with Gasteiger partial charge in [0.25, 0.3) is 5.69 Å². The van der Waals surface area contributed by atoms with Gasteiger partial charge in [-0.2, -0.15) is 0 Å². The number of carboxylic acids is 1. The number of rotatable bonds is 6. The third-order valence-corrected chi connectivity index (χ3v) is 3.32. The van der Waals surface area contributed by atoms with Gasteiger partial charge < -0.3 is 5.11 Å². The molecule has 0 saturated heterocycles. The van der Waals surface area contributed by atoms with E-state index in [0.717, 1.165) is 24.7 Å². The molecule has 1 aromatic rings. The normalized spacial score (nSPS) is 10.2. The van der Waals surface area contributed by atoms with Crippen molar-refractivity contribution in [3.05, 3.63) is 33.9 Å². The van der Waals surface area contributed by atoms with Gasteiger partial charge in [-0.3, -0.25) is 10.1 Å². The molecular formula is C11H13NO4S. The number of hydrogen-bond acceptors (Lipinski definition) is 4. The van der Waals surface area contributed by atoms with Crippen LogP contribution in [0.4, 0.5) is 5.69 Å². The fraction of sp³-hybridized carbons (Fsp3) is 0.364. The molecule has 0 bridgehead atoms. The molecule has 0 saturated carbocycles. The summed E-state index contributed by atoms with van der Waals surface area (Å²) in [7, 11) is 0. The van der Waals surface area contributed by atoms with E-state index in [0.29, 0.717) is 4.90 Å². The second-order valence-electron chi connectivity index (χ2n) is 3.44. The number of nitro benzene ring substituents is 1. The Kier molecular flexibility index (Phi) is 4.96. The van der Waals surface area contributed by atoms with Gasteiger partial charge in [-0.1, -0.05) is 13.3 Å². The van der Waals surface area contributed by atoms with Crippen molar-refractivity contribution in [2.45, 2.75) is 24.7 Å². The molecule has 1 N–H and O–H groups in total. The summed E-state index contributed by atoms with van der Waals surface area (Å²) in [6.45, 7) is 2.05. The van der Waals surface area contributed by atoms with Crippen LogP contribution in [0, 0.1) is 10.1 Å². The number of nitro groups is 1. The monoisotopic (exact) mass is 255 g/mol. The smallest absolute Gasteiger partial charge is 0.337 e. The molecule has 0 aliphatic rings. The van der Waals surface area contributed by atoms with Crippen LogP contribution in [0.3, 0.4) is 0 Å². The number of carboxylic acid groups (broad SMARTS) is 1. The van der Waals surface area contributed by atoms with Crippen molar-refractivity contribution in [1.29, 1.82) is 0 Å². The maximum atomic E-state index is 11.0. The van der Waals surface area contributed by atoms with Crippen LogP contribution >= 0.6 is 11.8 Å². The summed E-state index contributed by atoms with van der Waals surface area (Å²) in [4.78, 5) is 21.5. The second kappa shape index (κ2) is 6.24. The average Bonchev–Trinajstić information content (AvgIpc) is 2.29. The standard InChI is InChI=1S/C11H13NO4S/c1-2-3-6-17-10-5-4-8(12(15)16)7-9(10)11(13)14/h4-5,7H,2-3,6H2,1H3,(H,13,14). The van der Waals surface area contributed by atoms with Gasteiger partial charge in [-0.25, -0.2) is 4.79 Å². The van der Waals surface area contributed by atoms with E-state index in [1.54, 1.807) is 0 Å². The Balaban J connectivity index is 2.96. The van der Waals surface area contributed by atoms with Crippen LogP contribution in [0.2, 0.25) is 0 Å². The fourth-order valence-electron chi connectivity index (χ4n) is 1.25. The lowest BCUT2D eigenvalue weighted by atomic mass is 10.2. The number of nitrogens with zero attached hydrogens (tertiary/aromatic N) is 1. The van der Waals surface area contributed by atoms with Gasteiger partial charge in [0.2, 0.25) is 0 Å². The van der Waals surface area contributed by atoms with Crippen molar-refractivity contribution in [3.8, 4) is 0 Å². The number of unbranched alkanes of at least 4 members (excludes halogenated alkanes) is 1. The van der Waals surface area contributed by atoms with Crippen LogP contribution < -0.4 is 0 Å². The van der Waals surface area contributed by atoms with E-state index in [4.69, 9.17) is 5.11 Å². The minimum Gasteiger partial charge on any atom is -0.478 e. The van der Waals surface area contributed by atoms with E-state index in [-0.39, 0.29) is 11.3 Å². The first kappa shape index (κ1) is 13.5. The minimum absolute atomic E-state index is 0.000281. The zero-order valence-corrected chi connectivity index (χ0v) is 10.2. The van der Waals surface area contributed by atoms with E-state index in [2.05, 4.69) is 6.92 Å². The molecule has 0 atom stereocenters. The summed E-state index contributed by atoms with van der Waals surface area (Å²) < 4.78 is 0. The Morgan fingerprint density at radius 2 is 2.24 bits per heavy atom. The number of benzene rings is 1. The Bertz CT molecular complexity index is 433. The van der Waals surface area contributed by atoms with E-state index in [1.165, 1.54) is 23.9 Å². The topological polar surface area (TPSA) is 80.4 Å². The first-order valence-electron chi connectivity index (χ1n) is 5.20. The van der Waals surface area contributed by atoms with Crippen molar-refractivity contribution in [3.63, 3.8) is 0 Å². The maximum absolute atomic E-state index is 11.0. The summed E-state index contributed by atoms with van der Waals surface area (Å²) in [5.41, 5.74) is -0.192. The second-order valence-corrected chi connectivity index (χ2v) is 4.58. The van der Waals surface area contributed by atoms with Gasteiger partial charge in [-0.05, 0) is 18.2 Å². The predicted molar refractivity (Wildman–Crippen MR) is 65.7 cm³/mol. The molecule has 1 aromatic carbocycles. The van der Waals surface area contributed by atoms with Crippen LogP contribution in [0.25, 0.3) is 0 Å². The van der Waals surface area contributed by atoms with Crippen LogP contribution in [0.15, 0.2) is 23.1 Å². The molecule has 92 valence electrons. The van der Waals surface area contributed by atoms with Gasteiger partial charge in [-0.15, -0.1) is 11.8 Å². The third-order valence-electron chi connectivity index (χ3n) is 2.16. The summed E-state index contributed by atoms with van der Waals surface area (Å²) in [6.07, 6.45) is 2.02. The quantitative estimate of drug-likeness (QED) is 0.365. The Morgan fingerprint density at radius 1 is 1.53 bits per heavy atom. The van der Waals surface area contributed by atoms with Gasteiger partial charge in [0.05, 0.1) is 10.5 Å². The molecule has 17 heavy (non-hydrogen) atoms. The predicted octanol–water partition coefficient (Wildman–Crippen LogP) is 3.19. The van der Waals surface area contributed by atoms with Crippen LogP contribution in [-0.2, 0) is 0 Å². The summed E-state index contributed by atoms with van der Waals surface area (Å²) in [5.74, 6) is -0.318. The first-order chi connectivity index (χ1) is 8.06. The molecule has 0 spiro atoms. The zero-order valence-electron chi connectivity index (χ0n) is 9.38. The van der Waals surface area contributed by atoms with Gasteiger partial charge in [0.1, 0.15) is 0 Å². The Labute approximate surface area is 103 Å². The van der Waals surface area contributed by atoms with Gasteiger partial charge >= 0.3 is 5.97 Å². The number of aromatic carboxylic acids is 1. The largest absolute Gasteiger partial charge is 0.478 e. The lowest BCUT2D eigenvalue weighted by Crippen LogP contribution is -2.01. The summed E-state index contributed by atoms with van der Waals surface area (Å²) in [5, 5.41) is 19.5. The van der Waals surface area contributed by atoms with E-state index in [1.807, 2.05) is 0 Å². The Hall–Kier alpha value is -1.56. The van der Waals surface area contributed by atoms with Crippen molar-refractivity contribution < 1.29 is 14.8 Å². The third kappa shape index (κ3) is 3.74. The molecule has 0 unspecified atom stereocenters. The molecule has 5 nitrogen and oxygen atoms in total. The lowest BCUT2D eigenvalue weighted by Gasteiger charge is -2.05. The van der Waals surface area contributed by atoms with Crippen molar-refractivity contribution >= 4 is 23.4 Å². The number of hydrogen-bond donors (Lipinski definition) is 1. The fourth-order valence-corrected chi connectivity index (χ4v) is 2.37. The van der Waals surface area contributed by atoms with Gasteiger partial charge in [0, 0.05) is 17.0 Å². The number of carbonyl (C=O) groups is 1. The highest BCUT2D eigenvalue weighted by molar-refractivity contribution is 7.99. The minimum atomic E-state index is -1.13. The highest BCUT2D eigenvalue weighted by atomic mass is 32.2. The van der Waals surface area contributed by atoms with Gasteiger partial charge in [0.15, 0.2) is 0 Å². The molecule has 0 amide bonds. The first-order valence-corrected chi connectivity index (χ1v) is 6.19. The Morgan fingerprint density at radius 3 is 2.76 bits per heavy atom. The van der Waals surface area contributed by atoms with Crippen LogP contribution in [-0.4, -0.2) is 21.8 Å². The van der Waals surface area contributed by atoms with Crippen molar-refractivity contribution in [1.82, 2.24) is 0 Å². The molecule has 0 radical (unpaired) electrons. The molecule has 0 fully saturated rings. The zero-order chi connectivity index (χ0) is 12.8. The number of non-ortho nitro benzene ring substituents is 1. The van der Waals surface area contributed by atoms with Crippen LogP contribution in [0.5, 0.6) is 0 Å². The SMILES string of the molecule is CCCCSc1ccc([N+](=O)[O-])cc1C(=O)O. The molecule has 6 heteroatoms. The van der Waals surface area contributed by atoms with Crippen LogP contribution in [0.1, 0.15) is 30.1 Å². The van der Waals surface area contributed by atoms with Crippen molar-refractivity contribution in [2.24, 2.45) is 0 Å². The van der Waals surface area contributed by atoms with E-state index >= 15 is 0 Å². The highest BCUT2D eigenvalue weighted by Gasteiger charge is 2.15. The maximum Gasteiger partial charge on any atom is 0.337 e. The van der Waals surface area contributed by atoms with Crippen molar-refractivity contribution in [2.75, 3.05) is 5.75 Å². The highest BCUT2D eigenvalue weighted by Crippen LogP contribution is 2.27. The molecular weight excluding hydrogens is 242 g/mol. The summed E-state index contributed by atoms with van der Waals surface area (Å²) in [6, 6.07) is 3.94. The molecule has 0 heterocycles. The molecule has 0 aliphatic heterocycles. The number of thioether (sulfide) groups is 1.